The number of carboxylic acids is 1. The van der Waals surface area contributed by atoms with Crippen molar-refractivity contribution in [2.24, 2.45) is 11.0 Å². The van der Waals surface area contributed by atoms with Gasteiger partial charge >= 0.3 is 5.97 Å². The van der Waals surface area contributed by atoms with Gasteiger partial charge in [0.25, 0.3) is 0 Å². The fourth-order valence-electron chi connectivity index (χ4n) is 3.16. The van der Waals surface area contributed by atoms with Gasteiger partial charge in [-0.25, -0.2) is 4.39 Å². The van der Waals surface area contributed by atoms with E-state index in [1.807, 2.05) is 32.0 Å². The van der Waals surface area contributed by atoms with E-state index in [1.54, 1.807) is 24.1 Å². The Morgan fingerprint density at radius 2 is 1.79 bits per heavy atom. The van der Waals surface area contributed by atoms with E-state index in [0.717, 1.165) is 22.4 Å². The van der Waals surface area contributed by atoms with Gasteiger partial charge in [-0.15, -0.1) is 0 Å². The molecule has 0 amide bonds. The minimum absolute atomic E-state index is 0.348. The summed E-state index contributed by atoms with van der Waals surface area (Å²) in [4.78, 5) is 11.8. The number of aryl methyl sites for hydroxylation is 1. The van der Waals surface area contributed by atoms with Crippen LogP contribution in [0.4, 0.5) is 10.1 Å². The summed E-state index contributed by atoms with van der Waals surface area (Å²) in [7, 11) is 0. The summed E-state index contributed by atoms with van der Waals surface area (Å²) < 4.78 is 13.3. The van der Waals surface area contributed by atoms with Crippen LogP contribution in [0.15, 0.2) is 47.6 Å². The molecule has 0 aromatic heterocycles. The van der Waals surface area contributed by atoms with Crippen molar-refractivity contribution in [3.8, 4) is 0 Å². The first-order chi connectivity index (χ1) is 11.4. The summed E-state index contributed by atoms with van der Waals surface area (Å²) in [5, 5.41) is 15.9. The third-order valence-electron chi connectivity index (χ3n) is 4.60. The molecular formula is C19H19FN2O2. The minimum atomic E-state index is -0.932. The summed E-state index contributed by atoms with van der Waals surface area (Å²) in [5.41, 5.74) is 4.29. The second-order valence-electron chi connectivity index (χ2n) is 6.12. The second kappa shape index (κ2) is 6.07. The van der Waals surface area contributed by atoms with Crippen molar-refractivity contribution in [2.45, 2.75) is 26.8 Å². The molecule has 1 aliphatic heterocycles. The molecule has 0 spiro atoms. The van der Waals surface area contributed by atoms with E-state index in [-0.39, 0.29) is 5.82 Å². The van der Waals surface area contributed by atoms with Crippen molar-refractivity contribution in [2.75, 3.05) is 5.01 Å². The number of aliphatic carboxylic acids is 1. The number of hydrogen-bond acceptors (Lipinski definition) is 3. The smallest absolute Gasteiger partial charge is 0.314 e. The average Bonchev–Trinajstić information content (AvgIpc) is 2.88. The predicted octanol–water partition coefficient (Wildman–Crippen LogP) is 4.08. The summed E-state index contributed by atoms with van der Waals surface area (Å²) in [6.07, 6.45) is 0. The standard InChI is InChI=1S/C19H19FN2O2/c1-11-5-4-6-16(12(11)2)22-18(14-7-9-15(20)10-8-14)17(19(23)24)13(3)21-22/h4-10,17-18H,1-3H3,(H,23,24). The lowest BCUT2D eigenvalue weighted by Crippen LogP contribution is -2.30. The molecule has 2 atom stereocenters. The molecule has 2 aromatic rings. The topological polar surface area (TPSA) is 52.9 Å². The highest BCUT2D eigenvalue weighted by Gasteiger charge is 2.42. The zero-order valence-electron chi connectivity index (χ0n) is 13.8. The van der Waals surface area contributed by atoms with Crippen molar-refractivity contribution >= 4 is 17.4 Å². The number of benzene rings is 2. The Labute approximate surface area is 140 Å². The molecule has 1 N–H and O–H groups in total. The molecule has 124 valence electrons. The first-order valence-corrected chi connectivity index (χ1v) is 7.79. The van der Waals surface area contributed by atoms with Gasteiger partial charge in [0.15, 0.2) is 0 Å². The van der Waals surface area contributed by atoms with Gasteiger partial charge in [0, 0.05) is 0 Å². The number of carbonyl (C=O) groups is 1. The molecule has 2 aromatic carbocycles. The molecule has 0 saturated carbocycles. The van der Waals surface area contributed by atoms with Crippen LogP contribution < -0.4 is 5.01 Å². The van der Waals surface area contributed by atoms with E-state index in [2.05, 4.69) is 5.10 Å². The van der Waals surface area contributed by atoms with E-state index < -0.39 is 17.9 Å². The molecule has 1 heterocycles. The largest absolute Gasteiger partial charge is 0.481 e. The van der Waals surface area contributed by atoms with Crippen LogP contribution >= 0.6 is 0 Å². The number of nitrogens with zero attached hydrogens (tertiary/aromatic N) is 2. The van der Waals surface area contributed by atoms with Crippen molar-refractivity contribution in [3.63, 3.8) is 0 Å². The van der Waals surface area contributed by atoms with Gasteiger partial charge in [-0.05, 0) is 55.7 Å². The van der Waals surface area contributed by atoms with E-state index in [0.29, 0.717) is 5.71 Å². The molecule has 3 rings (SSSR count). The first-order valence-electron chi connectivity index (χ1n) is 7.79. The highest BCUT2D eigenvalue weighted by molar-refractivity contribution is 6.03. The quantitative estimate of drug-likeness (QED) is 0.924. The number of anilines is 1. The van der Waals surface area contributed by atoms with Crippen LogP contribution in [-0.2, 0) is 4.79 Å². The Morgan fingerprint density at radius 3 is 2.42 bits per heavy atom. The Bertz CT molecular complexity index is 815. The number of hydrogen-bond donors (Lipinski definition) is 1. The van der Waals surface area contributed by atoms with Crippen molar-refractivity contribution in [1.29, 1.82) is 0 Å². The molecule has 4 nitrogen and oxygen atoms in total. The van der Waals surface area contributed by atoms with Gasteiger partial charge in [-0.1, -0.05) is 24.3 Å². The van der Waals surface area contributed by atoms with Crippen molar-refractivity contribution in [3.05, 3.63) is 65.0 Å². The van der Waals surface area contributed by atoms with Crippen LogP contribution in [0, 0.1) is 25.6 Å². The molecule has 0 bridgehead atoms. The van der Waals surface area contributed by atoms with Gasteiger partial charge in [-0.2, -0.15) is 5.10 Å². The van der Waals surface area contributed by atoms with Crippen LogP contribution in [0.1, 0.15) is 29.7 Å². The zero-order chi connectivity index (χ0) is 17.4. The maximum absolute atomic E-state index is 13.3. The molecule has 0 aliphatic carbocycles. The lowest BCUT2D eigenvalue weighted by Gasteiger charge is -2.28. The molecule has 24 heavy (non-hydrogen) atoms. The maximum atomic E-state index is 13.3. The van der Waals surface area contributed by atoms with E-state index in [4.69, 9.17) is 0 Å². The Morgan fingerprint density at radius 1 is 1.12 bits per heavy atom. The van der Waals surface area contributed by atoms with Crippen molar-refractivity contribution < 1.29 is 14.3 Å². The van der Waals surface area contributed by atoms with E-state index in [1.165, 1.54) is 12.1 Å². The predicted molar refractivity (Wildman–Crippen MR) is 91.8 cm³/mol. The normalized spacial score (nSPS) is 20.2. The third-order valence-corrected chi connectivity index (χ3v) is 4.60. The SMILES string of the molecule is CC1=NN(c2cccc(C)c2C)C(c2ccc(F)cc2)C1C(=O)O. The van der Waals surface area contributed by atoms with Gasteiger partial charge in [0.05, 0.1) is 17.4 Å². The Balaban J connectivity index is 2.14. The van der Waals surface area contributed by atoms with E-state index in [9.17, 15) is 14.3 Å². The summed E-state index contributed by atoms with van der Waals surface area (Å²) in [6, 6.07) is 11.3. The summed E-state index contributed by atoms with van der Waals surface area (Å²) >= 11 is 0. The van der Waals surface area contributed by atoms with Crippen LogP contribution in [0.3, 0.4) is 0 Å². The molecule has 0 radical (unpaired) electrons. The maximum Gasteiger partial charge on any atom is 0.314 e. The van der Waals surface area contributed by atoms with E-state index >= 15 is 0 Å². The Hall–Kier alpha value is -2.69. The molecule has 2 unspecified atom stereocenters. The second-order valence-corrected chi connectivity index (χ2v) is 6.12. The van der Waals surface area contributed by atoms with Gasteiger partial charge in [-0.3, -0.25) is 9.80 Å². The van der Waals surface area contributed by atoms with Crippen LogP contribution in [0.5, 0.6) is 0 Å². The van der Waals surface area contributed by atoms with Gasteiger partial charge in [0.1, 0.15) is 11.7 Å². The fraction of sp³-hybridized carbons (Fsp3) is 0.263. The third kappa shape index (κ3) is 2.66. The van der Waals surface area contributed by atoms with Gasteiger partial charge in [0.2, 0.25) is 0 Å². The Kier molecular flexibility index (Phi) is 4.09. The molecule has 5 heteroatoms. The first kappa shape index (κ1) is 16.2. The lowest BCUT2D eigenvalue weighted by molar-refractivity contribution is -0.139. The number of rotatable bonds is 3. The molecule has 1 aliphatic rings. The fourth-order valence-corrected chi connectivity index (χ4v) is 3.16. The highest BCUT2D eigenvalue weighted by Crippen LogP contribution is 2.41. The monoisotopic (exact) mass is 326 g/mol. The summed E-state index contributed by atoms with van der Waals surface area (Å²) in [6.45, 7) is 5.72. The minimum Gasteiger partial charge on any atom is -0.481 e. The lowest BCUT2D eigenvalue weighted by atomic mass is 9.90. The van der Waals surface area contributed by atoms with Crippen LogP contribution in [0.25, 0.3) is 0 Å². The molecular weight excluding hydrogens is 307 g/mol. The molecule has 0 fully saturated rings. The zero-order valence-corrected chi connectivity index (χ0v) is 13.8. The highest BCUT2D eigenvalue weighted by atomic mass is 19.1. The van der Waals surface area contributed by atoms with Crippen LogP contribution in [-0.4, -0.2) is 16.8 Å². The molecule has 0 saturated heterocycles. The van der Waals surface area contributed by atoms with Gasteiger partial charge < -0.3 is 5.11 Å². The van der Waals surface area contributed by atoms with Crippen molar-refractivity contribution in [1.82, 2.24) is 0 Å². The number of halogens is 1. The number of carboxylic acid groups (broad SMARTS) is 1. The number of hydrazone groups is 1. The summed E-state index contributed by atoms with van der Waals surface area (Å²) in [5.74, 6) is -2.05. The average molecular weight is 326 g/mol. The van der Waals surface area contributed by atoms with Crippen LogP contribution in [0.2, 0.25) is 0 Å².